The summed E-state index contributed by atoms with van der Waals surface area (Å²) >= 11 is 4.69. The number of methoxy groups -OCH3 is 1. The average Bonchev–Trinajstić information content (AvgIpc) is 3.38. The second-order valence-corrected chi connectivity index (χ2v) is 11.8. The van der Waals surface area contributed by atoms with E-state index in [9.17, 15) is 14.4 Å². The van der Waals surface area contributed by atoms with Gasteiger partial charge in [0, 0.05) is 22.1 Å². The number of carbonyl (C=O) groups excluding carboxylic acids is 2. The number of carbonyl (C=O) groups is 2. The van der Waals surface area contributed by atoms with Crippen LogP contribution in [0.1, 0.15) is 57.7 Å². The molecular formula is C30H30BrN3O5S. The van der Waals surface area contributed by atoms with E-state index in [-0.39, 0.29) is 17.6 Å². The van der Waals surface area contributed by atoms with Gasteiger partial charge in [0.25, 0.3) is 11.5 Å². The van der Waals surface area contributed by atoms with Crippen molar-refractivity contribution in [2.45, 2.75) is 52.7 Å². The van der Waals surface area contributed by atoms with E-state index in [0.29, 0.717) is 38.5 Å². The Hall–Kier alpha value is -3.50. The van der Waals surface area contributed by atoms with Crippen LogP contribution in [-0.2, 0) is 14.3 Å². The van der Waals surface area contributed by atoms with Crippen LogP contribution in [0.2, 0.25) is 0 Å². The van der Waals surface area contributed by atoms with Crippen LogP contribution in [0.15, 0.2) is 68.0 Å². The first-order chi connectivity index (χ1) is 19.2. The zero-order valence-electron chi connectivity index (χ0n) is 23.0. The van der Waals surface area contributed by atoms with Crippen LogP contribution in [0.5, 0.6) is 5.75 Å². The van der Waals surface area contributed by atoms with Crippen molar-refractivity contribution in [3.63, 3.8) is 0 Å². The molecule has 10 heteroatoms. The van der Waals surface area contributed by atoms with Crippen LogP contribution in [0.4, 0.5) is 5.69 Å². The molecule has 2 aliphatic heterocycles. The lowest BCUT2D eigenvalue weighted by Crippen LogP contribution is -2.41. The maximum absolute atomic E-state index is 14.3. The summed E-state index contributed by atoms with van der Waals surface area (Å²) in [6.45, 7) is 7.92. The van der Waals surface area contributed by atoms with E-state index >= 15 is 0 Å². The molecular weight excluding hydrogens is 594 g/mol. The molecule has 3 aromatic rings. The van der Waals surface area contributed by atoms with Crippen molar-refractivity contribution in [3.8, 4) is 5.75 Å². The first-order valence-corrected chi connectivity index (χ1v) is 14.8. The number of anilines is 1. The molecule has 0 radical (unpaired) electrons. The normalized spacial score (nSPS) is 17.6. The van der Waals surface area contributed by atoms with E-state index in [1.165, 1.54) is 4.57 Å². The minimum Gasteiger partial charge on any atom is -0.496 e. The Balaban J connectivity index is 1.82. The maximum Gasteiger partial charge on any atom is 0.338 e. The van der Waals surface area contributed by atoms with Gasteiger partial charge in [-0.05, 0) is 51.5 Å². The molecule has 0 saturated heterocycles. The topological polar surface area (TPSA) is 90.2 Å². The predicted octanol–water partition coefficient (Wildman–Crippen LogP) is 4.47. The van der Waals surface area contributed by atoms with Gasteiger partial charge in [-0.2, -0.15) is 0 Å². The van der Waals surface area contributed by atoms with Crippen molar-refractivity contribution in [2.24, 2.45) is 4.99 Å². The fourth-order valence-electron chi connectivity index (χ4n) is 5.16. The van der Waals surface area contributed by atoms with Crippen molar-refractivity contribution in [1.29, 1.82) is 0 Å². The zero-order valence-corrected chi connectivity index (χ0v) is 25.4. The number of benzene rings is 2. The van der Waals surface area contributed by atoms with Crippen molar-refractivity contribution < 1.29 is 19.1 Å². The van der Waals surface area contributed by atoms with Gasteiger partial charge in [0.1, 0.15) is 16.3 Å². The number of unbranched alkanes of at least 4 members (excludes halogenated alkanes) is 1. The fourth-order valence-corrected chi connectivity index (χ4v) is 6.68. The second kappa shape index (κ2) is 11.2. The number of rotatable bonds is 7. The van der Waals surface area contributed by atoms with Crippen molar-refractivity contribution in [3.05, 3.63) is 89.0 Å². The third-order valence-corrected chi connectivity index (χ3v) is 8.48. The molecule has 0 N–H and O–H groups in total. The van der Waals surface area contributed by atoms with Gasteiger partial charge in [-0.1, -0.05) is 58.8 Å². The molecule has 8 nitrogen and oxygen atoms in total. The number of halogens is 1. The SMILES string of the molecule is CCCCN1C(=O)/C(=c2\sc3n(c2=O)[C@@H](c2cc(Br)ccc2OC)C(C(=O)OC(C)C)=C(C)N=3)c2ccccc21. The summed E-state index contributed by atoms with van der Waals surface area (Å²) in [4.78, 5) is 48.4. The van der Waals surface area contributed by atoms with E-state index in [0.717, 1.165) is 39.9 Å². The smallest absolute Gasteiger partial charge is 0.338 e. The van der Waals surface area contributed by atoms with Gasteiger partial charge in [0.05, 0.1) is 35.7 Å². The Morgan fingerprint density at radius 2 is 1.93 bits per heavy atom. The Kier molecular flexibility index (Phi) is 7.83. The molecule has 2 aliphatic rings. The van der Waals surface area contributed by atoms with Crippen LogP contribution in [0.3, 0.4) is 0 Å². The third kappa shape index (κ3) is 4.73. The monoisotopic (exact) mass is 623 g/mol. The molecule has 2 aromatic carbocycles. The molecule has 40 heavy (non-hydrogen) atoms. The number of amides is 1. The number of para-hydroxylation sites is 1. The molecule has 0 saturated carbocycles. The van der Waals surface area contributed by atoms with Crippen LogP contribution in [-0.4, -0.2) is 36.2 Å². The summed E-state index contributed by atoms with van der Waals surface area (Å²) in [6, 6.07) is 12.1. The quantitative estimate of drug-likeness (QED) is 0.362. The lowest BCUT2D eigenvalue weighted by Gasteiger charge is -2.26. The molecule has 0 unspecified atom stereocenters. The summed E-state index contributed by atoms with van der Waals surface area (Å²) in [6.07, 6.45) is 1.41. The number of nitrogens with zero attached hydrogens (tertiary/aromatic N) is 3. The molecule has 0 fully saturated rings. The Bertz CT molecular complexity index is 1740. The van der Waals surface area contributed by atoms with E-state index < -0.39 is 17.6 Å². The number of thiazole rings is 1. The highest BCUT2D eigenvalue weighted by Crippen LogP contribution is 2.38. The highest BCUT2D eigenvalue weighted by Gasteiger charge is 2.38. The largest absolute Gasteiger partial charge is 0.496 e. The average molecular weight is 625 g/mol. The third-order valence-electron chi connectivity index (χ3n) is 6.93. The number of allylic oxidation sites excluding steroid dienone is 1. The minimum atomic E-state index is -0.868. The first-order valence-electron chi connectivity index (χ1n) is 13.2. The zero-order chi connectivity index (χ0) is 28.7. The molecule has 0 aliphatic carbocycles. The van der Waals surface area contributed by atoms with Gasteiger partial charge < -0.3 is 14.4 Å². The van der Waals surface area contributed by atoms with Gasteiger partial charge in [0.2, 0.25) is 0 Å². The summed E-state index contributed by atoms with van der Waals surface area (Å²) in [5, 5.41) is 0. The second-order valence-electron chi connectivity index (χ2n) is 9.95. The molecule has 1 amide bonds. The summed E-state index contributed by atoms with van der Waals surface area (Å²) < 4.78 is 13.8. The minimum absolute atomic E-state index is 0.202. The van der Waals surface area contributed by atoms with E-state index in [1.807, 2.05) is 36.4 Å². The summed E-state index contributed by atoms with van der Waals surface area (Å²) in [5.41, 5.74) is 2.78. The standard InChI is InChI=1S/C30H30BrN3O5S/c1-6-7-14-33-21-11-9-8-10-19(21)24(27(33)35)26-28(36)34-25(20-15-18(31)12-13-22(20)38-5)23(29(37)39-16(2)3)17(4)32-30(34)40-26/h8-13,15-16,25H,6-7,14H2,1-5H3/b26-24-/t25-/m0/s1. The van der Waals surface area contributed by atoms with Gasteiger partial charge in [-0.3, -0.25) is 14.2 Å². The van der Waals surface area contributed by atoms with Crippen LogP contribution in [0.25, 0.3) is 5.57 Å². The Morgan fingerprint density at radius 1 is 1.18 bits per heavy atom. The fraction of sp³-hybridized carbons (Fsp3) is 0.333. The van der Waals surface area contributed by atoms with Crippen molar-refractivity contribution in [2.75, 3.05) is 18.6 Å². The van der Waals surface area contributed by atoms with Gasteiger partial charge in [-0.25, -0.2) is 9.79 Å². The number of ether oxygens (including phenoxy) is 2. The molecule has 3 heterocycles. The first kappa shape index (κ1) is 28.0. The van der Waals surface area contributed by atoms with E-state index in [4.69, 9.17) is 9.47 Å². The number of hydrogen-bond donors (Lipinski definition) is 0. The summed E-state index contributed by atoms with van der Waals surface area (Å²) in [7, 11) is 1.54. The molecule has 208 valence electrons. The van der Waals surface area contributed by atoms with Gasteiger partial charge >= 0.3 is 5.97 Å². The lowest BCUT2D eigenvalue weighted by molar-refractivity contribution is -0.143. The van der Waals surface area contributed by atoms with Gasteiger partial charge in [-0.15, -0.1) is 0 Å². The number of hydrogen-bond acceptors (Lipinski definition) is 7. The Labute approximate surface area is 244 Å². The van der Waals surface area contributed by atoms with E-state index in [1.54, 1.807) is 38.8 Å². The molecule has 1 aromatic heterocycles. The number of aromatic nitrogens is 1. The van der Waals surface area contributed by atoms with Gasteiger partial charge in [0.15, 0.2) is 4.80 Å². The van der Waals surface area contributed by atoms with Crippen LogP contribution in [0, 0.1) is 0 Å². The van der Waals surface area contributed by atoms with Crippen molar-refractivity contribution >= 4 is 50.4 Å². The molecule has 0 bridgehead atoms. The number of fused-ring (bicyclic) bond motifs is 2. The van der Waals surface area contributed by atoms with E-state index in [2.05, 4.69) is 27.8 Å². The van der Waals surface area contributed by atoms with Crippen LogP contribution >= 0.6 is 27.3 Å². The molecule has 0 spiro atoms. The maximum atomic E-state index is 14.3. The number of esters is 1. The summed E-state index contributed by atoms with van der Waals surface area (Å²) in [5.74, 6) is -0.259. The molecule has 5 rings (SSSR count). The Morgan fingerprint density at radius 3 is 2.62 bits per heavy atom. The lowest BCUT2D eigenvalue weighted by atomic mass is 9.95. The molecule has 1 atom stereocenters. The van der Waals surface area contributed by atoms with Crippen LogP contribution < -0.4 is 24.5 Å². The van der Waals surface area contributed by atoms with Crippen molar-refractivity contribution in [1.82, 2.24) is 4.57 Å². The predicted molar refractivity (Wildman–Crippen MR) is 158 cm³/mol. The highest BCUT2D eigenvalue weighted by atomic mass is 79.9. The highest BCUT2D eigenvalue weighted by molar-refractivity contribution is 9.10.